The molecular formula is C24H40O3. The van der Waals surface area contributed by atoms with Gasteiger partial charge in [-0.3, -0.25) is 4.79 Å². The first-order chi connectivity index (χ1) is 12.8. The van der Waals surface area contributed by atoms with E-state index in [1.165, 1.54) is 44.9 Å². The zero-order chi connectivity index (χ0) is 19.4. The van der Waals surface area contributed by atoms with Gasteiger partial charge in [0.25, 0.3) is 0 Å². The molecule has 0 aliphatic heterocycles. The highest BCUT2D eigenvalue weighted by Gasteiger charge is 2.60. The molecule has 4 aliphatic rings. The molecule has 4 saturated carbocycles. The number of fused-ring (bicyclic) bond motifs is 5. The highest BCUT2D eigenvalue weighted by molar-refractivity contribution is 5.66. The van der Waals surface area contributed by atoms with Crippen molar-refractivity contribution in [3.8, 4) is 0 Å². The Hall–Kier alpha value is -0.570. The molecule has 6 unspecified atom stereocenters. The van der Waals surface area contributed by atoms with E-state index in [-0.39, 0.29) is 6.10 Å². The van der Waals surface area contributed by atoms with Crippen LogP contribution in [0.2, 0.25) is 0 Å². The summed E-state index contributed by atoms with van der Waals surface area (Å²) in [7, 11) is 0. The molecule has 0 saturated heterocycles. The van der Waals surface area contributed by atoms with Crippen molar-refractivity contribution in [1.82, 2.24) is 0 Å². The van der Waals surface area contributed by atoms with E-state index in [9.17, 15) is 9.90 Å². The minimum atomic E-state index is -0.643. The molecule has 0 aromatic carbocycles. The monoisotopic (exact) mass is 376 g/mol. The van der Waals surface area contributed by atoms with Gasteiger partial charge in [0.05, 0.1) is 6.10 Å². The Bertz CT molecular complexity index is 574. The van der Waals surface area contributed by atoms with E-state index in [0.29, 0.717) is 29.1 Å². The molecule has 0 aromatic heterocycles. The van der Waals surface area contributed by atoms with Crippen LogP contribution >= 0.6 is 0 Å². The Kier molecular flexibility index (Phi) is 5.15. The van der Waals surface area contributed by atoms with E-state index >= 15 is 0 Å². The Morgan fingerprint density at radius 1 is 1.00 bits per heavy atom. The van der Waals surface area contributed by atoms with Crippen molar-refractivity contribution >= 4 is 5.97 Å². The normalized spacial score (nSPS) is 50.4. The molecule has 4 fully saturated rings. The second kappa shape index (κ2) is 7.04. The quantitative estimate of drug-likeness (QED) is 0.680. The Balaban J connectivity index is 1.51. The molecule has 0 aromatic rings. The zero-order valence-corrected chi connectivity index (χ0v) is 17.6. The maximum Gasteiger partial charge on any atom is 0.303 e. The molecule has 0 amide bonds. The van der Waals surface area contributed by atoms with Gasteiger partial charge in [0.2, 0.25) is 0 Å². The van der Waals surface area contributed by atoms with Crippen LogP contribution in [0.1, 0.15) is 91.4 Å². The Morgan fingerprint density at radius 3 is 2.44 bits per heavy atom. The van der Waals surface area contributed by atoms with Crippen LogP contribution in [0.4, 0.5) is 0 Å². The van der Waals surface area contributed by atoms with Crippen molar-refractivity contribution in [1.29, 1.82) is 0 Å². The summed E-state index contributed by atoms with van der Waals surface area (Å²) in [5.41, 5.74) is 0.882. The molecule has 154 valence electrons. The third-order valence-electron chi connectivity index (χ3n) is 10.2. The first-order valence-electron chi connectivity index (χ1n) is 11.7. The molecule has 9 atom stereocenters. The van der Waals surface area contributed by atoms with E-state index in [1.807, 2.05) is 0 Å². The summed E-state index contributed by atoms with van der Waals surface area (Å²) in [4.78, 5) is 11.0. The van der Waals surface area contributed by atoms with Crippen molar-refractivity contribution in [3.63, 3.8) is 0 Å². The summed E-state index contributed by atoms with van der Waals surface area (Å²) in [6.07, 6.45) is 12.4. The number of carboxylic acid groups (broad SMARTS) is 1. The topological polar surface area (TPSA) is 57.5 Å². The summed E-state index contributed by atoms with van der Waals surface area (Å²) < 4.78 is 0. The number of aliphatic carboxylic acids is 1. The minimum absolute atomic E-state index is 0.0561. The van der Waals surface area contributed by atoms with Crippen molar-refractivity contribution in [3.05, 3.63) is 0 Å². The molecule has 0 radical (unpaired) electrons. The van der Waals surface area contributed by atoms with Gasteiger partial charge in [0.1, 0.15) is 0 Å². The van der Waals surface area contributed by atoms with Gasteiger partial charge < -0.3 is 10.2 Å². The molecule has 3 nitrogen and oxygen atoms in total. The van der Waals surface area contributed by atoms with Crippen LogP contribution in [0.3, 0.4) is 0 Å². The summed E-state index contributed by atoms with van der Waals surface area (Å²) >= 11 is 0. The molecule has 4 aliphatic carbocycles. The fraction of sp³-hybridized carbons (Fsp3) is 0.958. The van der Waals surface area contributed by atoms with Gasteiger partial charge in [0, 0.05) is 6.42 Å². The molecular weight excluding hydrogens is 336 g/mol. The van der Waals surface area contributed by atoms with Crippen LogP contribution in [-0.2, 0) is 4.79 Å². The van der Waals surface area contributed by atoms with Gasteiger partial charge in [-0.25, -0.2) is 0 Å². The number of rotatable bonds is 4. The summed E-state index contributed by atoms with van der Waals surface area (Å²) in [6, 6.07) is 0. The molecule has 4 rings (SSSR count). The smallest absolute Gasteiger partial charge is 0.303 e. The largest absolute Gasteiger partial charge is 0.481 e. The SMILES string of the molecule is CC(CCC(=O)O)C1CCC2C3CC[C@@H]4C[C@H](O)CCC4(C)C3CC[C@]12C. The van der Waals surface area contributed by atoms with E-state index < -0.39 is 5.97 Å². The van der Waals surface area contributed by atoms with Gasteiger partial charge in [-0.1, -0.05) is 20.8 Å². The highest BCUT2D eigenvalue weighted by Crippen LogP contribution is 2.68. The second-order valence-corrected chi connectivity index (χ2v) is 11.2. The number of carbonyl (C=O) groups is 1. The number of hydrogen-bond acceptors (Lipinski definition) is 2. The van der Waals surface area contributed by atoms with Gasteiger partial charge in [-0.15, -0.1) is 0 Å². The molecule has 0 heterocycles. The fourth-order valence-corrected chi connectivity index (χ4v) is 8.76. The van der Waals surface area contributed by atoms with Crippen molar-refractivity contribution in [2.45, 2.75) is 97.5 Å². The van der Waals surface area contributed by atoms with E-state index in [1.54, 1.807) is 0 Å². The molecule has 3 heteroatoms. The number of aliphatic hydroxyl groups is 1. The van der Waals surface area contributed by atoms with Crippen LogP contribution in [0.25, 0.3) is 0 Å². The van der Waals surface area contributed by atoms with Crippen LogP contribution in [-0.4, -0.2) is 22.3 Å². The van der Waals surface area contributed by atoms with Crippen LogP contribution in [0.5, 0.6) is 0 Å². The molecule has 0 bridgehead atoms. The van der Waals surface area contributed by atoms with Gasteiger partial charge in [-0.05, 0) is 111 Å². The zero-order valence-electron chi connectivity index (χ0n) is 17.6. The fourth-order valence-electron chi connectivity index (χ4n) is 8.76. The number of carboxylic acids is 1. The van der Waals surface area contributed by atoms with E-state index in [0.717, 1.165) is 42.9 Å². The lowest BCUT2D eigenvalue weighted by atomic mass is 9.44. The summed E-state index contributed by atoms with van der Waals surface area (Å²) in [5.74, 6) is 3.91. The standard InChI is InChI=1S/C24H40O3/c1-15(4-9-22(26)27)19-7-8-20-18-6-5-16-14-17(25)10-12-23(16,2)21(18)11-13-24(19,20)3/h15-21,25H,4-14H2,1-3H3,(H,26,27)/t15?,16-,17-,18?,19?,20?,21?,23?,24-/m1/s1. The van der Waals surface area contributed by atoms with Gasteiger partial charge in [-0.2, -0.15) is 0 Å². The van der Waals surface area contributed by atoms with Crippen molar-refractivity contribution < 1.29 is 15.0 Å². The number of aliphatic hydroxyl groups excluding tert-OH is 1. The van der Waals surface area contributed by atoms with Crippen molar-refractivity contribution in [2.24, 2.45) is 46.3 Å². The van der Waals surface area contributed by atoms with Crippen molar-refractivity contribution in [2.75, 3.05) is 0 Å². The molecule has 27 heavy (non-hydrogen) atoms. The van der Waals surface area contributed by atoms with E-state index in [2.05, 4.69) is 20.8 Å². The summed E-state index contributed by atoms with van der Waals surface area (Å²) in [5, 5.41) is 19.3. The first-order valence-corrected chi connectivity index (χ1v) is 11.7. The Morgan fingerprint density at radius 2 is 1.70 bits per heavy atom. The van der Waals surface area contributed by atoms with Crippen LogP contribution in [0.15, 0.2) is 0 Å². The first kappa shape index (κ1) is 19.7. The minimum Gasteiger partial charge on any atom is -0.481 e. The molecule has 0 spiro atoms. The van der Waals surface area contributed by atoms with E-state index in [4.69, 9.17) is 5.11 Å². The molecule has 2 N–H and O–H groups in total. The maximum atomic E-state index is 11.0. The average molecular weight is 377 g/mol. The average Bonchev–Trinajstić information content (AvgIpc) is 2.97. The van der Waals surface area contributed by atoms with Gasteiger partial charge >= 0.3 is 5.97 Å². The van der Waals surface area contributed by atoms with Crippen LogP contribution in [0, 0.1) is 46.3 Å². The third kappa shape index (κ3) is 3.16. The van der Waals surface area contributed by atoms with Gasteiger partial charge in [0.15, 0.2) is 0 Å². The predicted octanol–water partition coefficient (Wildman–Crippen LogP) is 5.51. The Labute approximate surface area is 165 Å². The lowest BCUT2D eigenvalue weighted by Gasteiger charge is -2.61. The van der Waals surface area contributed by atoms with Crippen LogP contribution < -0.4 is 0 Å². The highest BCUT2D eigenvalue weighted by atomic mass is 16.4. The summed E-state index contributed by atoms with van der Waals surface area (Å²) in [6.45, 7) is 7.43. The third-order valence-corrected chi connectivity index (χ3v) is 10.2. The number of hydrogen-bond donors (Lipinski definition) is 2. The second-order valence-electron chi connectivity index (χ2n) is 11.2. The lowest BCUT2D eigenvalue weighted by molar-refractivity contribution is -0.138. The lowest BCUT2D eigenvalue weighted by Crippen LogP contribution is -2.54. The predicted molar refractivity (Wildman–Crippen MR) is 107 cm³/mol. The maximum absolute atomic E-state index is 11.0.